The zero-order chi connectivity index (χ0) is 13.8. The largest absolute Gasteiger partial charge is 0.393 e. The lowest BCUT2D eigenvalue weighted by Crippen LogP contribution is -2.25. The summed E-state index contributed by atoms with van der Waals surface area (Å²) in [5, 5.41) is 24.1. The van der Waals surface area contributed by atoms with E-state index in [9.17, 15) is 15.2 Å². The van der Waals surface area contributed by atoms with E-state index in [0.717, 1.165) is 25.7 Å². The minimum Gasteiger partial charge on any atom is -0.393 e. The summed E-state index contributed by atoms with van der Waals surface area (Å²) in [7, 11) is 0. The highest BCUT2D eigenvalue weighted by atomic mass is 35.5. The number of halogens is 1. The van der Waals surface area contributed by atoms with Gasteiger partial charge in [0.05, 0.1) is 11.0 Å². The molecule has 2 N–H and O–H groups in total. The molecule has 0 radical (unpaired) electrons. The van der Waals surface area contributed by atoms with Crippen LogP contribution in [0.3, 0.4) is 0 Å². The minimum atomic E-state index is -0.422. The van der Waals surface area contributed by atoms with Crippen LogP contribution in [0.4, 0.5) is 11.4 Å². The standard InChI is InChI=1S/C13H17ClN2O3/c14-10-4-5-13(16(18)19)12(7-10)15-8-9-2-1-3-11(17)6-9/h4-5,7,9,11,15,17H,1-3,6,8H2. The second-order valence-electron chi connectivity index (χ2n) is 4.99. The lowest BCUT2D eigenvalue weighted by molar-refractivity contribution is -0.384. The molecule has 1 aromatic rings. The van der Waals surface area contributed by atoms with Crippen molar-refractivity contribution in [1.29, 1.82) is 0 Å². The maximum atomic E-state index is 10.9. The molecular formula is C13H17ClN2O3. The highest BCUT2D eigenvalue weighted by Gasteiger charge is 2.21. The Labute approximate surface area is 116 Å². The summed E-state index contributed by atoms with van der Waals surface area (Å²) in [6.45, 7) is 0.623. The van der Waals surface area contributed by atoms with Crippen molar-refractivity contribution in [2.45, 2.75) is 31.8 Å². The van der Waals surface area contributed by atoms with E-state index in [1.165, 1.54) is 12.1 Å². The molecule has 0 aromatic heterocycles. The van der Waals surface area contributed by atoms with E-state index in [4.69, 9.17) is 11.6 Å². The third kappa shape index (κ3) is 3.81. The first-order valence-electron chi connectivity index (χ1n) is 6.42. The first-order valence-corrected chi connectivity index (χ1v) is 6.80. The molecule has 1 aliphatic carbocycles. The molecule has 0 heterocycles. The Bertz CT molecular complexity index is 467. The van der Waals surface area contributed by atoms with Crippen LogP contribution in [0.15, 0.2) is 18.2 Å². The number of benzene rings is 1. The Hall–Kier alpha value is -1.33. The quantitative estimate of drug-likeness (QED) is 0.657. The second kappa shape index (κ2) is 6.21. The molecule has 1 aliphatic rings. The van der Waals surface area contributed by atoms with Crippen LogP contribution in [0.1, 0.15) is 25.7 Å². The van der Waals surface area contributed by atoms with Crippen LogP contribution in [0.2, 0.25) is 5.02 Å². The molecule has 19 heavy (non-hydrogen) atoms. The topological polar surface area (TPSA) is 75.4 Å². The van der Waals surface area contributed by atoms with Crippen molar-refractivity contribution in [2.24, 2.45) is 5.92 Å². The van der Waals surface area contributed by atoms with Crippen molar-refractivity contribution in [1.82, 2.24) is 0 Å². The normalized spacial score (nSPS) is 23.1. The van der Waals surface area contributed by atoms with Crippen LogP contribution in [-0.4, -0.2) is 22.7 Å². The SMILES string of the molecule is O=[N+]([O-])c1ccc(Cl)cc1NCC1CCCC(O)C1. The van der Waals surface area contributed by atoms with Crippen LogP contribution in [0, 0.1) is 16.0 Å². The molecular weight excluding hydrogens is 268 g/mol. The van der Waals surface area contributed by atoms with Crippen molar-refractivity contribution in [3.8, 4) is 0 Å². The number of anilines is 1. The van der Waals surface area contributed by atoms with Crippen molar-refractivity contribution >= 4 is 23.0 Å². The molecule has 104 valence electrons. The number of hydrogen-bond acceptors (Lipinski definition) is 4. The maximum absolute atomic E-state index is 10.9. The first kappa shape index (κ1) is 14.1. The number of nitro groups is 1. The van der Waals surface area contributed by atoms with Gasteiger partial charge in [-0.05, 0) is 37.3 Å². The summed E-state index contributed by atoms with van der Waals surface area (Å²) in [4.78, 5) is 10.5. The molecule has 1 aromatic carbocycles. The summed E-state index contributed by atoms with van der Waals surface area (Å²) in [6, 6.07) is 4.48. The van der Waals surface area contributed by atoms with E-state index >= 15 is 0 Å². The lowest BCUT2D eigenvalue weighted by Gasteiger charge is -2.26. The Morgan fingerprint density at radius 1 is 1.47 bits per heavy atom. The van der Waals surface area contributed by atoms with Gasteiger partial charge in [-0.15, -0.1) is 0 Å². The monoisotopic (exact) mass is 284 g/mol. The van der Waals surface area contributed by atoms with E-state index in [-0.39, 0.29) is 11.8 Å². The van der Waals surface area contributed by atoms with Gasteiger partial charge in [-0.25, -0.2) is 0 Å². The van der Waals surface area contributed by atoms with Gasteiger partial charge >= 0.3 is 0 Å². The predicted octanol–water partition coefficient (Wildman–Crippen LogP) is 3.21. The molecule has 1 fully saturated rings. The van der Waals surface area contributed by atoms with E-state index in [0.29, 0.717) is 23.2 Å². The molecule has 2 rings (SSSR count). The molecule has 2 atom stereocenters. The van der Waals surface area contributed by atoms with Gasteiger partial charge in [0.2, 0.25) is 0 Å². The molecule has 0 bridgehead atoms. The summed E-state index contributed by atoms with van der Waals surface area (Å²) in [5.74, 6) is 0.349. The fourth-order valence-corrected chi connectivity index (χ4v) is 2.68. The number of aliphatic hydroxyl groups excluding tert-OH is 1. The van der Waals surface area contributed by atoms with Gasteiger partial charge in [-0.3, -0.25) is 10.1 Å². The van der Waals surface area contributed by atoms with Crippen molar-refractivity contribution in [3.05, 3.63) is 33.3 Å². The third-order valence-corrected chi connectivity index (χ3v) is 3.73. The van der Waals surface area contributed by atoms with Crippen molar-refractivity contribution < 1.29 is 10.0 Å². The number of nitro benzene ring substituents is 1. The van der Waals surface area contributed by atoms with Gasteiger partial charge in [0.1, 0.15) is 5.69 Å². The van der Waals surface area contributed by atoms with Gasteiger partial charge in [0, 0.05) is 17.6 Å². The fourth-order valence-electron chi connectivity index (χ4n) is 2.51. The molecule has 0 spiro atoms. The van der Waals surface area contributed by atoms with Crippen LogP contribution in [0.5, 0.6) is 0 Å². The van der Waals surface area contributed by atoms with Gasteiger partial charge in [-0.2, -0.15) is 0 Å². The van der Waals surface area contributed by atoms with Crippen molar-refractivity contribution in [2.75, 3.05) is 11.9 Å². The Kier molecular flexibility index (Phi) is 4.61. The predicted molar refractivity (Wildman–Crippen MR) is 74.6 cm³/mol. The molecule has 0 aliphatic heterocycles. The summed E-state index contributed by atoms with van der Waals surface area (Å²) >= 11 is 5.86. The van der Waals surface area contributed by atoms with E-state index in [1.54, 1.807) is 6.07 Å². The second-order valence-corrected chi connectivity index (χ2v) is 5.42. The number of hydrogen-bond donors (Lipinski definition) is 2. The average molecular weight is 285 g/mol. The number of aliphatic hydroxyl groups is 1. The van der Waals surface area contributed by atoms with Gasteiger partial charge < -0.3 is 10.4 Å². The highest BCUT2D eigenvalue weighted by molar-refractivity contribution is 6.31. The number of rotatable bonds is 4. The smallest absolute Gasteiger partial charge is 0.292 e. The van der Waals surface area contributed by atoms with Crippen molar-refractivity contribution in [3.63, 3.8) is 0 Å². The molecule has 1 saturated carbocycles. The van der Waals surface area contributed by atoms with Crippen LogP contribution >= 0.6 is 11.6 Å². The Morgan fingerprint density at radius 3 is 2.95 bits per heavy atom. The third-order valence-electron chi connectivity index (χ3n) is 3.49. The number of nitrogens with zero attached hydrogens (tertiary/aromatic N) is 1. The average Bonchev–Trinajstić information content (AvgIpc) is 2.36. The molecule has 2 unspecified atom stereocenters. The summed E-state index contributed by atoms with van der Waals surface area (Å²) < 4.78 is 0. The minimum absolute atomic E-state index is 0.0285. The number of nitrogens with one attached hydrogen (secondary N) is 1. The fraction of sp³-hybridized carbons (Fsp3) is 0.538. The summed E-state index contributed by atoms with van der Waals surface area (Å²) in [5.41, 5.74) is 0.471. The van der Waals surface area contributed by atoms with E-state index in [1.807, 2.05) is 0 Å². The zero-order valence-electron chi connectivity index (χ0n) is 10.5. The highest BCUT2D eigenvalue weighted by Crippen LogP contribution is 2.29. The van der Waals surface area contributed by atoms with E-state index in [2.05, 4.69) is 5.32 Å². The maximum Gasteiger partial charge on any atom is 0.292 e. The molecule has 0 saturated heterocycles. The molecule has 6 heteroatoms. The molecule has 0 amide bonds. The lowest BCUT2D eigenvalue weighted by atomic mass is 9.87. The Balaban J connectivity index is 2.02. The van der Waals surface area contributed by atoms with E-state index < -0.39 is 4.92 Å². The first-order chi connectivity index (χ1) is 9.06. The van der Waals surface area contributed by atoms with Crippen LogP contribution in [0.25, 0.3) is 0 Å². The Morgan fingerprint density at radius 2 is 2.26 bits per heavy atom. The molecule has 5 nitrogen and oxygen atoms in total. The van der Waals surface area contributed by atoms with Gasteiger partial charge in [-0.1, -0.05) is 18.0 Å². The zero-order valence-corrected chi connectivity index (χ0v) is 11.3. The van der Waals surface area contributed by atoms with Gasteiger partial charge in [0.15, 0.2) is 0 Å². The van der Waals surface area contributed by atoms with Gasteiger partial charge in [0.25, 0.3) is 5.69 Å². The summed E-state index contributed by atoms with van der Waals surface area (Å²) in [6.07, 6.45) is 3.41. The van der Waals surface area contributed by atoms with Crippen LogP contribution in [-0.2, 0) is 0 Å². The van der Waals surface area contributed by atoms with Crippen LogP contribution < -0.4 is 5.32 Å².